The summed E-state index contributed by atoms with van der Waals surface area (Å²) in [4.78, 5) is 0. The van der Waals surface area contributed by atoms with Gasteiger partial charge in [0.05, 0.1) is 0 Å². The van der Waals surface area contributed by atoms with E-state index in [0.717, 1.165) is 31.9 Å². The van der Waals surface area contributed by atoms with Crippen molar-refractivity contribution in [3.05, 3.63) is 29.3 Å². The van der Waals surface area contributed by atoms with E-state index >= 15 is 0 Å². The van der Waals surface area contributed by atoms with Crippen LogP contribution in [0.2, 0.25) is 0 Å². The molecule has 0 aliphatic heterocycles. The molecule has 0 amide bonds. The smallest absolute Gasteiger partial charge is 0.164 e. The van der Waals surface area contributed by atoms with E-state index in [2.05, 4.69) is 0 Å². The number of benzene rings is 1. The summed E-state index contributed by atoms with van der Waals surface area (Å²) in [7, 11) is 0. The molecule has 4 nitrogen and oxygen atoms in total. The molecular formula is C15H20N2O2. The Morgan fingerprint density at radius 3 is 2.47 bits per heavy atom. The molecule has 0 aromatic heterocycles. The first kappa shape index (κ1) is 13.6. The van der Waals surface area contributed by atoms with E-state index in [1.54, 1.807) is 12.1 Å². The maximum absolute atomic E-state index is 9.81. The van der Waals surface area contributed by atoms with E-state index in [0.29, 0.717) is 11.1 Å². The average Bonchev–Trinajstić information content (AvgIpc) is 2.41. The van der Waals surface area contributed by atoms with Gasteiger partial charge in [-0.05, 0) is 30.5 Å². The zero-order chi connectivity index (χ0) is 13.9. The molecule has 0 radical (unpaired) electrons. The lowest BCUT2D eigenvalue weighted by Crippen LogP contribution is -2.39. The number of aromatic hydroxyl groups is 2. The topological polar surface area (TPSA) is 90.3 Å². The van der Waals surface area contributed by atoms with E-state index in [9.17, 15) is 10.2 Å². The van der Waals surface area contributed by atoms with E-state index < -0.39 is 0 Å². The van der Waals surface area contributed by atoms with Gasteiger partial charge < -0.3 is 21.4 Å². The Kier molecular flexibility index (Phi) is 3.90. The van der Waals surface area contributed by atoms with Gasteiger partial charge in [0.25, 0.3) is 0 Å². The number of phenolic OH excluding ortho intramolecular Hbond substituents is 2. The summed E-state index contributed by atoms with van der Waals surface area (Å²) in [5.74, 6) is -0.378. The fourth-order valence-corrected chi connectivity index (χ4v) is 2.51. The van der Waals surface area contributed by atoms with Crippen LogP contribution in [-0.2, 0) is 0 Å². The lowest BCUT2D eigenvalue weighted by Gasteiger charge is -2.30. The molecule has 0 saturated heterocycles. The van der Waals surface area contributed by atoms with Gasteiger partial charge in [0.1, 0.15) is 0 Å². The highest BCUT2D eigenvalue weighted by molar-refractivity contribution is 5.81. The van der Waals surface area contributed by atoms with Gasteiger partial charge in [-0.1, -0.05) is 31.4 Å². The van der Waals surface area contributed by atoms with Crippen LogP contribution < -0.4 is 5.73 Å². The van der Waals surface area contributed by atoms with Gasteiger partial charge in [-0.25, -0.2) is 0 Å². The Bertz CT molecular complexity index is 503. The fourth-order valence-electron chi connectivity index (χ4n) is 2.51. The molecule has 0 unspecified atom stereocenters. The molecular weight excluding hydrogens is 240 g/mol. The van der Waals surface area contributed by atoms with Crippen LogP contribution >= 0.6 is 0 Å². The number of phenols is 2. The third-order valence-electron chi connectivity index (χ3n) is 3.69. The maximum atomic E-state index is 9.81. The molecule has 1 saturated carbocycles. The molecule has 1 aliphatic rings. The summed E-state index contributed by atoms with van der Waals surface area (Å²) < 4.78 is 0. The second-order valence-electron chi connectivity index (χ2n) is 5.25. The normalized spacial score (nSPS) is 18.6. The number of nitrogens with two attached hydrogens (primary N) is 1. The van der Waals surface area contributed by atoms with Gasteiger partial charge in [0.2, 0.25) is 0 Å². The van der Waals surface area contributed by atoms with Crippen molar-refractivity contribution in [2.75, 3.05) is 0 Å². The fraction of sp³-hybridized carbons (Fsp3) is 0.400. The second-order valence-corrected chi connectivity index (χ2v) is 5.25. The molecule has 1 fully saturated rings. The van der Waals surface area contributed by atoms with Gasteiger partial charge in [-0.15, -0.1) is 0 Å². The quantitative estimate of drug-likeness (QED) is 0.497. The van der Waals surface area contributed by atoms with Crippen molar-refractivity contribution in [2.24, 2.45) is 5.73 Å². The first-order valence-electron chi connectivity index (χ1n) is 6.59. The predicted molar refractivity (Wildman–Crippen MR) is 76.7 cm³/mol. The van der Waals surface area contributed by atoms with E-state index in [4.69, 9.17) is 11.1 Å². The lowest BCUT2D eigenvalue weighted by molar-refractivity contribution is 0.360. The Balaban J connectivity index is 2.27. The van der Waals surface area contributed by atoms with Crippen molar-refractivity contribution >= 4 is 12.3 Å². The number of hydrogen-bond acceptors (Lipinski definition) is 4. The summed E-state index contributed by atoms with van der Waals surface area (Å²) in [5.41, 5.74) is 7.01. The van der Waals surface area contributed by atoms with Gasteiger partial charge in [0, 0.05) is 17.3 Å². The van der Waals surface area contributed by atoms with Crippen molar-refractivity contribution in [1.82, 2.24) is 0 Å². The molecule has 102 valence electrons. The third-order valence-corrected chi connectivity index (χ3v) is 3.69. The summed E-state index contributed by atoms with van der Waals surface area (Å²) in [6.45, 7) is 0. The average molecular weight is 260 g/mol. The molecule has 1 aromatic rings. The van der Waals surface area contributed by atoms with Gasteiger partial charge in [-0.2, -0.15) is 0 Å². The molecule has 2 rings (SSSR count). The minimum atomic E-state index is -0.318. The summed E-state index contributed by atoms with van der Waals surface area (Å²) >= 11 is 0. The molecule has 19 heavy (non-hydrogen) atoms. The van der Waals surface area contributed by atoms with E-state index in [1.807, 2.05) is 6.08 Å². The van der Waals surface area contributed by atoms with Gasteiger partial charge in [0.15, 0.2) is 11.5 Å². The number of nitrogens with one attached hydrogen (secondary N) is 1. The zero-order valence-electron chi connectivity index (χ0n) is 10.9. The summed E-state index contributed by atoms with van der Waals surface area (Å²) in [6, 6.07) is 3.02. The Morgan fingerprint density at radius 1 is 1.16 bits per heavy atom. The SMILES string of the molecule is N=Cc1cc(O)c(O)c(/C=C/C2(N)CCCCC2)c1. The Hall–Kier alpha value is -1.81. The molecule has 0 spiro atoms. The van der Waals surface area contributed by atoms with Crippen LogP contribution in [0.3, 0.4) is 0 Å². The first-order valence-corrected chi connectivity index (χ1v) is 6.59. The van der Waals surface area contributed by atoms with Crippen molar-refractivity contribution in [1.29, 1.82) is 5.41 Å². The first-order chi connectivity index (χ1) is 9.04. The van der Waals surface area contributed by atoms with Crippen molar-refractivity contribution in [2.45, 2.75) is 37.6 Å². The molecule has 5 N–H and O–H groups in total. The van der Waals surface area contributed by atoms with Crippen LogP contribution in [0.1, 0.15) is 43.2 Å². The standard InChI is InChI=1S/C15H20N2O2/c16-10-11-8-12(14(19)13(18)9-11)4-7-15(17)5-2-1-3-6-15/h4,7-10,16,18-19H,1-3,5-6,17H2/b7-4+,16-10?. The van der Waals surface area contributed by atoms with Crippen LogP contribution in [-0.4, -0.2) is 22.0 Å². The molecule has 0 atom stereocenters. The van der Waals surface area contributed by atoms with Crippen LogP contribution in [0.4, 0.5) is 0 Å². The Labute approximate surface area is 113 Å². The van der Waals surface area contributed by atoms with Gasteiger partial charge in [-0.3, -0.25) is 0 Å². The highest BCUT2D eigenvalue weighted by atomic mass is 16.3. The summed E-state index contributed by atoms with van der Waals surface area (Å²) in [6.07, 6.45) is 10.2. The monoisotopic (exact) mass is 260 g/mol. The minimum Gasteiger partial charge on any atom is -0.504 e. The Morgan fingerprint density at radius 2 is 1.84 bits per heavy atom. The highest BCUT2D eigenvalue weighted by Gasteiger charge is 2.24. The zero-order valence-corrected chi connectivity index (χ0v) is 10.9. The third kappa shape index (κ3) is 3.15. The minimum absolute atomic E-state index is 0.166. The largest absolute Gasteiger partial charge is 0.504 e. The maximum Gasteiger partial charge on any atom is 0.164 e. The molecule has 1 aliphatic carbocycles. The van der Waals surface area contributed by atoms with Crippen LogP contribution in [0.25, 0.3) is 6.08 Å². The number of rotatable bonds is 3. The second kappa shape index (κ2) is 5.45. The highest BCUT2D eigenvalue weighted by Crippen LogP contribution is 2.33. The molecule has 1 aromatic carbocycles. The molecule has 4 heteroatoms. The van der Waals surface area contributed by atoms with Gasteiger partial charge >= 0.3 is 0 Å². The van der Waals surface area contributed by atoms with Crippen molar-refractivity contribution in [3.8, 4) is 11.5 Å². The van der Waals surface area contributed by atoms with Crippen molar-refractivity contribution in [3.63, 3.8) is 0 Å². The molecule has 0 heterocycles. The molecule has 0 bridgehead atoms. The van der Waals surface area contributed by atoms with Crippen LogP contribution in [0, 0.1) is 5.41 Å². The predicted octanol–water partition coefficient (Wildman–Crippen LogP) is 2.77. The lowest BCUT2D eigenvalue weighted by atomic mass is 9.82. The van der Waals surface area contributed by atoms with E-state index in [1.165, 1.54) is 12.5 Å². The summed E-state index contributed by atoms with van der Waals surface area (Å²) in [5, 5.41) is 26.6. The van der Waals surface area contributed by atoms with Crippen LogP contribution in [0.5, 0.6) is 11.5 Å². The van der Waals surface area contributed by atoms with Crippen LogP contribution in [0.15, 0.2) is 18.2 Å². The van der Waals surface area contributed by atoms with E-state index in [-0.39, 0.29) is 17.0 Å². The number of hydrogen-bond donors (Lipinski definition) is 4. The van der Waals surface area contributed by atoms with Crippen molar-refractivity contribution < 1.29 is 10.2 Å².